The Morgan fingerprint density at radius 3 is 2.67 bits per heavy atom. The number of urea groups is 1. The van der Waals surface area contributed by atoms with E-state index in [1.54, 1.807) is 0 Å². The number of benzene rings is 1. The van der Waals surface area contributed by atoms with Crippen molar-refractivity contribution in [1.29, 1.82) is 0 Å². The predicted molar refractivity (Wildman–Crippen MR) is 72.0 cm³/mol. The van der Waals surface area contributed by atoms with Crippen LogP contribution in [0.1, 0.15) is 11.6 Å². The average molecular weight is 294 g/mol. The van der Waals surface area contributed by atoms with Crippen LogP contribution in [0.2, 0.25) is 0 Å². The van der Waals surface area contributed by atoms with E-state index in [-0.39, 0.29) is 18.7 Å². The molecule has 0 spiro atoms. The van der Waals surface area contributed by atoms with Crippen LogP contribution in [-0.4, -0.2) is 42.3 Å². The highest BCUT2D eigenvalue weighted by Crippen LogP contribution is 2.26. The number of hydrogen-bond donors (Lipinski definition) is 2. The van der Waals surface area contributed by atoms with Gasteiger partial charge in [0, 0.05) is 13.3 Å². The lowest BCUT2D eigenvalue weighted by atomic mass is 9.98. The molecule has 0 saturated heterocycles. The standard InChI is InChI=1S/C14H15FN2O4/c1-21-7-6-17-8-11(13(18)19)12(16-14(17)20)9-2-4-10(15)5-3-9/h2-5,8,12H,6-7H2,1H3,(H,16,20)(H,18,19). The van der Waals surface area contributed by atoms with Gasteiger partial charge in [0.15, 0.2) is 0 Å². The Balaban J connectivity index is 2.31. The Hall–Kier alpha value is -2.41. The third kappa shape index (κ3) is 3.38. The normalized spacial score (nSPS) is 18.2. The van der Waals surface area contributed by atoms with E-state index in [2.05, 4.69) is 5.32 Å². The van der Waals surface area contributed by atoms with E-state index in [0.717, 1.165) is 0 Å². The SMILES string of the molecule is COCCN1C=C(C(=O)O)C(c2ccc(F)cc2)NC1=O. The van der Waals surface area contributed by atoms with Crippen molar-refractivity contribution in [3.8, 4) is 0 Å². The number of carbonyl (C=O) groups excluding carboxylic acids is 1. The van der Waals surface area contributed by atoms with Crippen molar-refractivity contribution < 1.29 is 23.8 Å². The molecular formula is C14H15FN2O4. The molecule has 1 aromatic rings. The molecule has 1 heterocycles. The fraction of sp³-hybridized carbons (Fsp3) is 0.286. The van der Waals surface area contributed by atoms with Crippen molar-refractivity contribution >= 4 is 12.0 Å². The summed E-state index contributed by atoms with van der Waals surface area (Å²) in [5.74, 6) is -1.57. The summed E-state index contributed by atoms with van der Waals surface area (Å²) in [5, 5.41) is 11.9. The molecule has 1 aliphatic rings. The van der Waals surface area contributed by atoms with E-state index < -0.39 is 23.9 Å². The summed E-state index contributed by atoms with van der Waals surface area (Å²) in [5.41, 5.74) is 0.516. The van der Waals surface area contributed by atoms with Crippen LogP contribution in [-0.2, 0) is 9.53 Å². The van der Waals surface area contributed by atoms with Crippen LogP contribution in [0.4, 0.5) is 9.18 Å². The van der Waals surface area contributed by atoms with Crippen molar-refractivity contribution in [3.05, 3.63) is 47.4 Å². The summed E-state index contributed by atoms with van der Waals surface area (Å²) in [6.07, 6.45) is 1.29. The number of nitrogens with one attached hydrogen (secondary N) is 1. The molecule has 1 aromatic carbocycles. The first-order chi connectivity index (χ1) is 10.0. The molecule has 1 aliphatic heterocycles. The second kappa shape index (κ2) is 6.36. The van der Waals surface area contributed by atoms with Gasteiger partial charge in [0.2, 0.25) is 0 Å². The molecule has 0 aliphatic carbocycles. The Morgan fingerprint density at radius 2 is 2.10 bits per heavy atom. The maximum Gasteiger partial charge on any atom is 0.335 e. The van der Waals surface area contributed by atoms with Crippen LogP contribution in [0.15, 0.2) is 36.0 Å². The van der Waals surface area contributed by atoms with Crippen LogP contribution in [0.3, 0.4) is 0 Å². The van der Waals surface area contributed by atoms with Crippen molar-refractivity contribution in [1.82, 2.24) is 10.2 Å². The highest BCUT2D eigenvalue weighted by Gasteiger charge is 2.31. The third-order valence-corrected chi connectivity index (χ3v) is 3.12. The number of carbonyl (C=O) groups is 2. The van der Waals surface area contributed by atoms with Gasteiger partial charge in [-0.15, -0.1) is 0 Å². The van der Waals surface area contributed by atoms with E-state index in [0.29, 0.717) is 5.56 Å². The first kappa shape index (κ1) is 15.0. The average Bonchev–Trinajstić information content (AvgIpc) is 2.46. The van der Waals surface area contributed by atoms with Crippen molar-refractivity contribution in [2.45, 2.75) is 6.04 Å². The Bertz CT molecular complexity index is 571. The second-order valence-electron chi connectivity index (χ2n) is 4.51. The summed E-state index contributed by atoms with van der Waals surface area (Å²) in [7, 11) is 1.49. The summed E-state index contributed by atoms with van der Waals surface area (Å²) in [4.78, 5) is 24.6. The number of carboxylic acid groups (broad SMARTS) is 1. The third-order valence-electron chi connectivity index (χ3n) is 3.12. The first-order valence-corrected chi connectivity index (χ1v) is 6.29. The van der Waals surface area contributed by atoms with Gasteiger partial charge in [0.25, 0.3) is 0 Å². The van der Waals surface area contributed by atoms with E-state index in [1.807, 2.05) is 0 Å². The molecule has 0 saturated carbocycles. The highest BCUT2D eigenvalue weighted by atomic mass is 19.1. The monoisotopic (exact) mass is 294 g/mol. The molecule has 1 atom stereocenters. The highest BCUT2D eigenvalue weighted by molar-refractivity contribution is 5.92. The van der Waals surface area contributed by atoms with E-state index >= 15 is 0 Å². The first-order valence-electron chi connectivity index (χ1n) is 6.29. The lowest BCUT2D eigenvalue weighted by molar-refractivity contribution is -0.133. The lowest BCUT2D eigenvalue weighted by Gasteiger charge is -2.30. The van der Waals surface area contributed by atoms with Crippen molar-refractivity contribution in [3.63, 3.8) is 0 Å². The summed E-state index contributed by atoms with van der Waals surface area (Å²) < 4.78 is 17.8. The van der Waals surface area contributed by atoms with Gasteiger partial charge >= 0.3 is 12.0 Å². The summed E-state index contributed by atoms with van der Waals surface area (Å²) in [6, 6.07) is 4.10. The molecular weight excluding hydrogens is 279 g/mol. The van der Waals surface area contributed by atoms with E-state index in [9.17, 15) is 19.1 Å². The molecule has 6 nitrogen and oxygen atoms in total. The molecule has 0 aromatic heterocycles. The predicted octanol–water partition coefficient (Wildman–Crippen LogP) is 1.51. The number of rotatable bonds is 5. The smallest absolute Gasteiger partial charge is 0.335 e. The molecule has 2 N–H and O–H groups in total. The van der Waals surface area contributed by atoms with Crippen LogP contribution < -0.4 is 5.32 Å². The fourth-order valence-corrected chi connectivity index (χ4v) is 2.04. The molecule has 7 heteroatoms. The molecule has 0 radical (unpaired) electrons. The van der Waals surface area contributed by atoms with Crippen LogP contribution in [0, 0.1) is 5.82 Å². The van der Waals surface area contributed by atoms with E-state index in [1.165, 1.54) is 42.5 Å². The van der Waals surface area contributed by atoms with Gasteiger partial charge < -0.3 is 15.2 Å². The Kier molecular flexibility index (Phi) is 4.54. The van der Waals surface area contributed by atoms with Gasteiger partial charge in [-0.25, -0.2) is 14.0 Å². The summed E-state index contributed by atoms with van der Waals surface area (Å²) >= 11 is 0. The Morgan fingerprint density at radius 1 is 1.43 bits per heavy atom. The van der Waals surface area contributed by atoms with Gasteiger partial charge in [-0.3, -0.25) is 4.90 Å². The molecule has 112 valence electrons. The van der Waals surface area contributed by atoms with Gasteiger partial charge in [-0.05, 0) is 17.7 Å². The van der Waals surface area contributed by atoms with E-state index in [4.69, 9.17) is 4.74 Å². The number of carboxylic acids is 1. The number of amides is 2. The number of aliphatic carboxylic acids is 1. The quantitative estimate of drug-likeness (QED) is 0.862. The molecule has 2 amide bonds. The van der Waals surface area contributed by atoms with Crippen LogP contribution in [0.5, 0.6) is 0 Å². The van der Waals surface area contributed by atoms with Gasteiger partial charge in [0.05, 0.1) is 24.8 Å². The molecule has 21 heavy (non-hydrogen) atoms. The number of halogens is 1. The number of ether oxygens (including phenoxy) is 1. The zero-order chi connectivity index (χ0) is 15.4. The van der Waals surface area contributed by atoms with Gasteiger partial charge in [-0.1, -0.05) is 12.1 Å². The number of hydrogen-bond acceptors (Lipinski definition) is 3. The van der Waals surface area contributed by atoms with Crippen LogP contribution >= 0.6 is 0 Å². The molecule has 2 rings (SSSR count). The molecule has 0 fully saturated rings. The minimum Gasteiger partial charge on any atom is -0.478 e. The summed E-state index contributed by atoms with van der Waals surface area (Å²) in [6.45, 7) is 0.535. The topological polar surface area (TPSA) is 78.9 Å². The minimum absolute atomic E-state index is 0.0114. The molecule has 1 unspecified atom stereocenters. The maximum absolute atomic E-state index is 12.9. The lowest BCUT2D eigenvalue weighted by Crippen LogP contribution is -2.46. The van der Waals surface area contributed by atoms with Gasteiger partial charge in [-0.2, -0.15) is 0 Å². The second-order valence-corrected chi connectivity index (χ2v) is 4.51. The number of nitrogens with zero attached hydrogens (tertiary/aromatic N) is 1. The molecule has 0 bridgehead atoms. The maximum atomic E-state index is 12.9. The minimum atomic E-state index is -1.15. The zero-order valence-electron chi connectivity index (χ0n) is 11.4. The largest absolute Gasteiger partial charge is 0.478 e. The van der Waals surface area contributed by atoms with Crippen LogP contribution in [0.25, 0.3) is 0 Å². The number of methoxy groups -OCH3 is 1. The van der Waals surface area contributed by atoms with Gasteiger partial charge in [0.1, 0.15) is 5.82 Å². The van der Waals surface area contributed by atoms with Crippen molar-refractivity contribution in [2.24, 2.45) is 0 Å². The van der Waals surface area contributed by atoms with Crippen molar-refractivity contribution in [2.75, 3.05) is 20.3 Å². The zero-order valence-corrected chi connectivity index (χ0v) is 11.4. The Labute approximate surface area is 120 Å². The fourth-order valence-electron chi connectivity index (χ4n) is 2.04.